The molecule has 0 bridgehead atoms. The number of aryl methyl sites for hydroxylation is 1. The van der Waals surface area contributed by atoms with Gasteiger partial charge in [0.05, 0.1) is 17.8 Å². The van der Waals surface area contributed by atoms with Crippen molar-refractivity contribution in [1.82, 2.24) is 23.3 Å². The summed E-state index contributed by atoms with van der Waals surface area (Å²) in [5, 5.41) is 4.75. The van der Waals surface area contributed by atoms with Gasteiger partial charge < -0.3 is 4.90 Å². The summed E-state index contributed by atoms with van der Waals surface area (Å²) in [4.78, 5) is 14.8. The number of carbonyl (C=O) groups is 1. The van der Waals surface area contributed by atoms with Gasteiger partial charge in [-0.25, -0.2) is 4.68 Å². The van der Waals surface area contributed by atoms with E-state index in [2.05, 4.69) is 5.10 Å². The van der Waals surface area contributed by atoms with Crippen molar-refractivity contribution in [1.29, 1.82) is 0 Å². The summed E-state index contributed by atoms with van der Waals surface area (Å²) < 4.78 is 29.9. The minimum atomic E-state index is -3.50. The third kappa shape index (κ3) is 4.54. The number of rotatable bonds is 7. The van der Waals surface area contributed by atoms with E-state index in [-0.39, 0.29) is 19.0 Å². The van der Waals surface area contributed by atoms with Crippen LogP contribution < -0.4 is 0 Å². The van der Waals surface area contributed by atoms with Crippen LogP contribution in [0.3, 0.4) is 0 Å². The Morgan fingerprint density at radius 3 is 2.27 bits per heavy atom. The number of hydrogen-bond acceptors (Lipinski definition) is 4. The van der Waals surface area contributed by atoms with Crippen LogP contribution in [0.15, 0.2) is 30.3 Å². The van der Waals surface area contributed by atoms with Crippen molar-refractivity contribution < 1.29 is 13.2 Å². The minimum Gasteiger partial charge on any atom is -0.336 e. The number of benzene rings is 1. The smallest absolute Gasteiger partial charge is 0.282 e. The third-order valence-electron chi connectivity index (χ3n) is 5.34. The lowest BCUT2D eigenvalue weighted by atomic mass is 10.2. The summed E-state index contributed by atoms with van der Waals surface area (Å²) >= 11 is 6.51. The molecule has 1 saturated heterocycles. The molecular weight excluding hydrogens is 426 g/mol. The van der Waals surface area contributed by atoms with Gasteiger partial charge in [-0.3, -0.25) is 4.79 Å². The summed E-state index contributed by atoms with van der Waals surface area (Å²) in [7, 11) is -3.50. The first-order valence-electron chi connectivity index (χ1n) is 10.1. The van der Waals surface area contributed by atoms with E-state index in [1.54, 1.807) is 16.5 Å². The van der Waals surface area contributed by atoms with Crippen LogP contribution in [0.1, 0.15) is 35.5 Å². The average Bonchev–Trinajstić information content (AvgIpc) is 3.02. The molecule has 1 aliphatic heterocycles. The van der Waals surface area contributed by atoms with Gasteiger partial charge in [0.25, 0.3) is 16.1 Å². The number of amides is 1. The van der Waals surface area contributed by atoms with E-state index in [9.17, 15) is 13.2 Å². The molecule has 2 heterocycles. The average molecular weight is 454 g/mol. The largest absolute Gasteiger partial charge is 0.336 e. The van der Waals surface area contributed by atoms with Gasteiger partial charge in [0, 0.05) is 39.3 Å². The molecule has 30 heavy (non-hydrogen) atoms. The molecular formula is C20H28ClN5O3S. The van der Waals surface area contributed by atoms with Gasteiger partial charge in [0.2, 0.25) is 0 Å². The van der Waals surface area contributed by atoms with Gasteiger partial charge in [-0.05, 0) is 12.5 Å². The zero-order valence-corrected chi connectivity index (χ0v) is 19.2. The number of nitrogens with zero attached hydrogens (tertiary/aromatic N) is 5. The molecule has 0 atom stereocenters. The molecule has 8 nitrogen and oxygen atoms in total. The summed E-state index contributed by atoms with van der Waals surface area (Å²) in [5.41, 5.74) is 1.99. The number of carbonyl (C=O) groups excluding carboxylic acids is 1. The molecule has 1 aromatic heterocycles. The van der Waals surface area contributed by atoms with Crippen molar-refractivity contribution in [2.24, 2.45) is 0 Å². The maximum atomic E-state index is 13.1. The predicted molar refractivity (Wildman–Crippen MR) is 117 cm³/mol. The number of piperazine rings is 1. The Kier molecular flexibility index (Phi) is 7.18. The Labute approximate surface area is 183 Å². The van der Waals surface area contributed by atoms with Crippen LogP contribution in [-0.4, -0.2) is 76.9 Å². The third-order valence-corrected chi connectivity index (χ3v) is 7.91. The van der Waals surface area contributed by atoms with Gasteiger partial charge in [-0.2, -0.15) is 22.1 Å². The fraction of sp³-hybridized carbons (Fsp3) is 0.500. The van der Waals surface area contributed by atoms with E-state index in [0.29, 0.717) is 49.1 Å². The highest BCUT2D eigenvalue weighted by atomic mass is 35.5. The van der Waals surface area contributed by atoms with Gasteiger partial charge >= 0.3 is 0 Å². The molecule has 2 aromatic rings. The first kappa shape index (κ1) is 22.7. The van der Waals surface area contributed by atoms with E-state index in [1.807, 2.05) is 44.2 Å². The lowest BCUT2D eigenvalue weighted by Gasteiger charge is -2.36. The molecule has 0 aliphatic carbocycles. The van der Waals surface area contributed by atoms with Crippen molar-refractivity contribution in [3.63, 3.8) is 0 Å². The Bertz CT molecular complexity index is 981. The van der Waals surface area contributed by atoms with Crippen LogP contribution in [0.2, 0.25) is 5.15 Å². The molecule has 1 aromatic carbocycles. The molecule has 1 fully saturated rings. The quantitative estimate of drug-likeness (QED) is 0.644. The molecule has 0 radical (unpaired) electrons. The number of hydrogen-bond donors (Lipinski definition) is 0. The van der Waals surface area contributed by atoms with Crippen LogP contribution in [0.25, 0.3) is 0 Å². The molecule has 0 unspecified atom stereocenters. The molecule has 1 amide bonds. The van der Waals surface area contributed by atoms with E-state index < -0.39 is 10.2 Å². The Balaban J connectivity index is 1.71. The maximum Gasteiger partial charge on any atom is 0.282 e. The second-order valence-corrected chi connectivity index (χ2v) is 9.46. The van der Waals surface area contributed by atoms with Crippen LogP contribution in [0, 0.1) is 6.92 Å². The molecule has 3 rings (SSSR count). The molecule has 0 N–H and O–H groups in total. The maximum absolute atomic E-state index is 13.1. The van der Waals surface area contributed by atoms with Crippen molar-refractivity contribution in [2.45, 2.75) is 27.3 Å². The molecule has 1 aliphatic rings. The normalized spacial score (nSPS) is 15.7. The van der Waals surface area contributed by atoms with Crippen molar-refractivity contribution in [2.75, 3.05) is 39.3 Å². The lowest BCUT2D eigenvalue weighted by molar-refractivity contribution is 0.0693. The molecule has 0 spiro atoms. The Hall–Kier alpha value is -1.94. The molecule has 0 saturated carbocycles. The summed E-state index contributed by atoms with van der Waals surface area (Å²) in [6.45, 7) is 7.89. The highest BCUT2D eigenvalue weighted by molar-refractivity contribution is 7.86. The Morgan fingerprint density at radius 1 is 1.10 bits per heavy atom. The summed E-state index contributed by atoms with van der Waals surface area (Å²) in [6, 6.07) is 9.78. The summed E-state index contributed by atoms with van der Waals surface area (Å²) in [5.74, 6) is -0.211. The second-order valence-electron chi connectivity index (χ2n) is 7.18. The van der Waals surface area contributed by atoms with E-state index in [0.717, 1.165) is 5.56 Å². The van der Waals surface area contributed by atoms with E-state index >= 15 is 0 Å². The fourth-order valence-electron chi connectivity index (χ4n) is 3.65. The van der Waals surface area contributed by atoms with Crippen LogP contribution in [-0.2, 0) is 16.8 Å². The molecule has 164 valence electrons. The Morgan fingerprint density at radius 2 is 1.70 bits per heavy atom. The van der Waals surface area contributed by atoms with Crippen molar-refractivity contribution in [3.05, 3.63) is 52.3 Å². The molecule has 10 heteroatoms. The van der Waals surface area contributed by atoms with Gasteiger partial charge in [-0.15, -0.1) is 0 Å². The SMILES string of the molecule is CCN(CC)S(=O)(=O)N1CCN(C(=O)c2c(C)nn(Cc3ccccc3)c2Cl)CC1. The highest BCUT2D eigenvalue weighted by Crippen LogP contribution is 2.24. The van der Waals surface area contributed by atoms with Gasteiger partial charge in [0.1, 0.15) is 5.15 Å². The first-order valence-corrected chi connectivity index (χ1v) is 11.9. The van der Waals surface area contributed by atoms with Crippen LogP contribution in [0.5, 0.6) is 0 Å². The monoisotopic (exact) mass is 453 g/mol. The number of halogens is 1. The van der Waals surface area contributed by atoms with E-state index in [4.69, 9.17) is 11.6 Å². The summed E-state index contributed by atoms with van der Waals surface area (Å²) in [6.07, 6.45) is 0. The van der Waals surface area contributed by atoms with Gasteiger partial charge in [-0.1, -0.05) is 55.8 Å². The fourth-order valence-corrected chi connectivity index (χ4v) is 5.57. The number of aromatic nitrogens is 2. The minimum absolute atomic E-state index is 0.211. The van der Waals surface area contributed by atoms with Crippen molar-refractivity contribution >= 4 is 27.7 Å². The van der Waals surface area contributed by atoms with Crippen molar-refractivity contribution in [3.8, 4) is 0 Å². The van der Waals surface area contributed by atoms with Crippen LogP contribution in [0.4, 0.5) is 0 Å². The zero-order chi connectivity index (χ0) is 21.9. The second kappa shape index (κ2) is 9.47. The van der Waals surface area contributed by atoms with E-state index in [1.165, 1.54) is 8.61 Å². The predicted octanol–water partition coefficient (Wildman–Crippen LogP) is 2.24. The first-order chi connectivity index (χ1) is 14.3. The topological polar surface area (TPSA) is 78.8 Å². The highest BCUT2D eigenvalue weighted by Gasteiger charge is 2.33. The van der Waals surface area contributed by atoms with Crippen LogP contribution >= 0.6 is 11.6 Å². The lowest BCUT2D eigenvalue weighted by Crippen LogP contribution is -2.54. The van der Waals surface area contributed by atoms with Gasteiger partial charge in [0.15, 0.2) is 0 Å². The standard InChI is InChI=1S/C20H28ClN5O3S/c1-4-24(5-2)30(28,29)25-13-11-23(12-14-25)20(27)18-16(3)22-26(19(18)21)15-17-9-7-6-8-10-17/h6-10H,4-5,11-15H2,1-3H3. The zero-order valence-electron chi connectivity index (χ0n) is 17.6.